The second-order valence-electron chi connectivity index (χ2n) is 2.31. The van der Waals surface area contributed by atoms with Gasteiger partial charge in [0.15, 0.2) is 0 Å². The molecule has 0 bridgehead atoms. The fourth-order valence-electron chi connectivity index (χ4n) is 0.997. The molecule has 0 unspecified atom stereocenters. The molecule has 0 saturated carbocycles. The van der Waals surface area contributed by atoms with Gasteiger partial charge >= 0.3 is 0 Å². The molecule has 0 aromatic rings. The second kappa shape index (κ2) is 3.20. The fraction of sp³-hybridized carbons (Fsp3) is 0.833. The van der Waals surface area contributed by atoms with Gasteiger partial charge in [-0.2, -0.15) is 0 Å². The van der Waals surface area contributed by atoms with Gasteiger partial charge in [0.05, 0.1) is 0 Å². The van der Waals surface area contributed by atoms with Gasteiger partial charge in [-0.25, -0.2) is 0 Å². The van der Waals surface area contributed by atoms with Crippen LogP contribution < -0.4 is 5.32 Å². The van der Waals surface area contributed by atoms with E-state index in [1.165, 1.54) is 0 Å². The third-order valence-corrected chi connectivity index (χ3v) is 2.29. The maximum absolute atomic E-state index is 10.7. The van der Waals surface area contributed by atoms with Crippen LogP contribution in [0, 0.1) is 0 Å². The van der Waals surface area contributed by atoms with Gasteiger partial charge in [-0.15, -0.1) is 0 Å². The Morgan fingerprint density at radius 2 is 2.56 bits per heavy atom. The molecular weight excluding hydrogens is 182 g/mol. The van der Waals surface area contributed by atoms with Crippen LogP contribution in [0.25, 0.3) is 0 Å². The van der Waals surface area contributed by atoms with Crippen molar-refractivity contribution < 1.29 is 4.79 Å². The zero-order valence-corrected chi connectivity index (χ0v) is 6.78. The molecule has 1 rings (SSSR count). The molecule has 0 aromatic carbocycles. The summed E-state index contributed by atoms with van der Waals surface area (Å²) < 4.78 is 0. The van der Waals surface area contributed by atoms with Crippen molar-refractivity contribution in [2.75, 3.05) is 5.33 Å². The molecule has 1 heterocycles. The summed E-state index contributed by atoms with van der Waals surface area (Å²) in [5, 5.41) is 3.77. The van der Waals surface area contributed by atoms with Crippen LogP contribution in [0.5, 0.6) is 0 Å². The van der Waals surface area contributed by atoms with Gasteiger partial charge in [-0.3, -0.25) is 4.79 Å². The van der Waals surface area contributed by atoms with Gasteiger partial charge in [0.1, 0.15) is 0 Å². The highest BCUT2D eigenvalue weighted by Gasteiger charge is 2.15. The molecule has 3 heteroatoms. The first-order valence-corrected chi connectivity index (χ1v) is 4.30. The number of rotatable bonds is 1. The molecule has 0 aliphatic carbocycles. The summed E-state index contributed by atoms with van der Waals surface area (Å²) in [7, 11) is 0. The normalized spacial score (nSPS) is 27.7. The number of amides is 1. The Labute approximate surface area is 63.1 Å². The summed E-state index contributed by atoms with van der Waals surface area (Å²) in [4.78, 5) is 10.7. The van der Waals surface area contributed by atoms with E-state index in [9.17, 15) is 4.79 Å². The predicted molar refractivity (Wildman–Crippen MR) is 39.6 cm³/mol. The highest BCUT2D eigenvalue weighted by molar-refractivity contribution is 9.09. The van der Waals surface area contributed by atoms with E-state index in [0.717, 1.165) is 18.2 Å². The standard InChI is InChI=1S/C6H10BrNO/c7-4-5-2-1-3-6(9)8-5/h5H,1-4H2,(H,8,9)/t5-/m1/s1. The zero-order valence-electron chi connectivity index (χ0n) is 5.19. The van der Waals surface area contributed by atoms with Gasteiger partial charge < -0.3 is 5.32 Å². The highest BCUT2D eigenvalue weighted by atomic mass is 79.9. The maximum atomic E-state index is 10.7. The van der Waals surface area contributed by atoms with Gasteiger partial charge in [-0.05, 0) is 12.8 Å². The fourth-order valence-corrected chi connectivity index (χ4v) is 1.48. The van der Waals surface area contributed by atoms with Crippen molar-refractivity contribution >= 4 is 21.8 Å². The summed E-state index contributed by atoms with van der Waals surface area (Å²) >= 11 is 3.32. The third-order valence-electron chi connectivity index (χ3n) is 1.51. The number of nitrogens with one attached hydrogen (secondary N) is 1. The van der Waals surface area contributed by atoms with Crippen molar-refractivity contribution in [3.63, 3.8) is 0 Å². The minimum absolute atomic E-state index is 0.200. The molecule has 0 aromatic heterocycles. The smallest absolute Gasteiger partial charge is 0.220 e. The van der Waals surface area contributed by atoms with Crippen LogP contribution in [0.1, 0.15) is 19.3 Å². The molecule has 1 amide bonds. The molecule has 52 valence electrons. The summed E-state index contributed by atoms with van der Waals surface area (Å²) in [6.07, 6.45) is 2.88. The van der Waals surface area contributed by atoms with Crippen LogP contribution in [0.4, 0.5) is 0 Å². The Balaban J connectivity index is 2.32. The first-order valence-electron chi connectivity index (χ1n) is 3.18. The lowest BCUT2D eigenvalue weighted by molar-refractivity contribution is -0.123. The molecule has 0 radical (unpaired) electrons. The van der Waals surface area contributed by atoms with Crippen LogP contribution in [0.2, 0.25) is 0 Å². The lowest BCUT2D eigenvalue weighted by Gasteiger charge is -2.20. The summed E-state index contributed by atoms with van der Waals surface area (Å²) in [6, 6.07) is 0.381. The number of carbonyl (C=O) groups is 1. The average molecular weight is 192 g/mol. The topological polar surface area (TPSA) is 29.1 Å². The van der Waals surface area contributed by atoms with Gasteiger partial charge in [-0.1, -0.05) is 15.9 Å². The van der Waals surface area contributed by atoms with Crippen molar-refractivity contribution in [1.82, 2.24) is 5.32 Å². The Morgan fingerprint density at radius 1 is 1.78 bits per heavy atom. The molecule has 1 aliphatic rings. The Kier molecular flexibility index (Phi) is 2.51. The summed E-state index contributed by atoms with van der Waals surface area (Å²) in [6.45, 7) is 0. The van der Waals surface area contributed by atoms with Crippen molar-refractivity contribution in [3.8, 4) is 0 Å². The minimum atomic E-state index is 0.200. The molecular formula is C6H10BrNO. The highest BCUT2D eigenvalue weighted by Crippen LogP contribution is 2.09. The van der Waals surface area contributed by atoms with Gasteiger partial charge in [0.25, 0.3) is 0 Å². The van der Waals surface area contributed by atoms with E-state index in [1.807, 2.05) is 0 Å². The molecule has 1 N–H and O–H groups in total. The van der Waals surface area contributed by atoms with Crippen LogP contribution in [-0.2, 0) is 4.79 Å². The van der Waals surface area contributed by atoms with Crippen molar-refractivity contribution in [2.24, 2.45) is 0 Å². The SMILES string of the molecule is O=C1CCC[C@H](CBr)N1. The molecule has 1 fully saturated rings. The number of alkyl halides is 1. The molecule has 1 saturated heterocycles. The van der Waals surface area contributed by atoms with Crippen LogP contribution >= 0.6 is 15.9 Å². The monoisotopic (exact) mass is 191 g/mol. The van der Waals surface area contributed by atoms with Crippen molar-refractivity contribution in [3.05, 3.63) is 0 Å². The molecule has 2 nitrogen and oxygen atoms in total. The number of halogens is 1. The van der Waals surface area contributed by atoms with E-state index in [0.29, 0.717) is 12.5 Å². The Bertz CT molecular complexity index is 116. The predicted octanol–water partition coefficient (Wildman–Crippen LogP) is 1.05. The van der Waals surface area contributed by atoms with Gasteiger partial charge in [0, 0.05) is 17.8 Å². The largest absolute Gasteiger partial charge is 0.353 e. The zero-order chi connectivity index (χ0) is 6.69. The number of piperidine rings is 1. The van der Waals surface area contributed by atoms with Crippen LogP contribution in [-0.4, -0.2) is 17.3 Å². The van der Waals surface area contributed by atoms with Crippen molar-refractivity contribution in [1.29, 1.82) is 0 Å². The van der Waals surface area contributed by atoms with Crippen LogP contribution in [0.3, 0.4) is 0 Å². The lowest BCUT2D eigenvalue weighted by Crippen LogP contribution is -2.39. The maximum Gasteiger partial charge on any atom is 0.220 e. The summed E-state index contributed by atoms with van der Waals surface area (Å²) in [5.74, 6) is 0.200. The first kappa shape index (κ1) is 7.06. The molecule has 0 spiro atoms. The minimum Gasteiger partial charge on any atom is -0.353 e. The number of hydrogen-bond acceptors (Lipinski definition) is 1. The Hall–Kier alpha value is -0.0500. The molecule has 9 heavy (non-hydrogen) atoms. The molecule has 1 atom stereocenters. The van der Waals surface area contributed by atoms with E-state index < -0.39 is 0 Å². The molecule has 1 aliphatic heterocycles. The van der Waals surface area contributed by atoms with Gasteiger partial charge in [0.2, 0.25) is 5.91 Å². The van der Waals surface area contributed by atoms with Crippen molar-refractivity contribution in [2.45, 2.75) is 25.3 Å². The average Bonchev–Trinajstić information content (AvgIpc) is 1.88. The number of hydrogen-bond donors (Lipinski definition) is 1. The van der Waals surface area contributed by atoms with Crippen LogP contribution in [0.15, 0.2) is 0 Å². The Morgan fingerprint density at radius 3 is 3.00 bits per heavy atom. The number of carbonyl (C=O) groups excluding carboxylic acids is 1. The first-order chi connectivity index (χ1) is 4.33. The summed E-state index contributed by atoms with van der Waals surface area (Å²) in [5.41, 5.74) is 0. The van der Waals surface area contributed by atoms with E-state index in [4.69, 9.17) is 0 Å². The van der Waals surface area contributed by atoms with E-state index in [1.54, 1.807) is 0 Å². The lowest BCUT2D eigenvalue weighted by atomic mass is 10.1. The van der Waals surface area contributed by atoms with E-state index in [2.05, 4.69) is 21.2 Å². The quantitative estimate of drug-likeness (QED) is 0.618. The van der Waals surface area contributed by atoms with E-state index >= 15 is 0 Å². The third kappa shape index (κ3) is 1.97. The second-order valence-corrected chi connectivity index (χ2v) is 2.96. The van der Waals surface area contributed by atoms with E-state index in [-0.39, 0.29) is 5.91 Å².